The third-order valence-corrected chi connectivity index (χ3v) is 12.8. The van der Waals surface area contributed by atoms with Crippen molar-refractivity contribution in [1.29, 1.82) is 0 Å². The van der Waals surface area contributed by atoms with E-state index in [0.29, 0.717) is 0 Å². The molecule has 10 rings (SSSR count). The van der Waals surface area contributed by atoms with Crippen LogP contribution < -0.4 is 4.90 Å². The first-order valence-corrected chi connectivity index (χ1v) is 21.1. The Morgan fingerprint density at radius 3 is 1.97 bits per heavy atom. The normalized spacial score (nSPS) is 13.3. The van der Waals surface area contributed by atoms with E-state index < -0.39 is 5.41 Å². The predicted molar refractivity (Wildman–Crippen MR) is 252 cm³/mol. The van der Waals surface area contributed by atoms with E-state index in [-0.39, 0.29) is 0 Å². The molecule has 286 valence electrons. The number of rotatable bonds is 9. The highest BCUT2D eigenvalue weighted by atomic mass is 15.1. The Bertz CT molecular complexity index is 2950. The molecular formula is C57H48N2. The summed E-state index contributed by atoms with van der Waals surface area (Å²) in [6.07, 6.45) is 13.1. The molecule has 0 saturated carbocycles. The molecule has 0 bridgehead atoms. The zero-order valence-electron chi connectivity index (χ0n) is 34.3. The highest BCUT2D eigenvalue weighted by Crippen LogP contribution is 2.65. The fourth-order valence-electron chi connectivity index (χ4n) is 10.2. The zero-order chi connectivity index (χ0) is 40.3. The summed E-state index contributed by atoms with van der Waals surface area (Å²) in [5.74, 6) is 0. The van der Waals surface area contributed by atoms with Gasteiger partial charge in [0.15, 0.2) is 0 Å². The average Bonchev–Trinajstić information content (AvgIpc) is 3.86. The minimum absolute atomic E-state index is 0.583. The number of benzene rings is 7. The number of para-hydroxylation sites is 2. The molecule has 1 spiro atoms. The third kappa shape index (κ3) is 5.33. The van der Waals surface area contributed by atoms with Gasteiger partial charge in [0.25, 0.3) is 0 Å². The number of allylic oxidation sites excluding steroid dienone is 2. The second-order valence-corrected chi connectivity index (χ2v) is 15.8. The van der Waals surface area contributed by atoms with Crippen molar-refractivity contribution in [3.63, 3.8) is 0 Å². The van der Waals surface area contributed by atoms with Gasteiger partial charge in [0.1, 0.15) is 0 Å². The van der Waals surface area contributed by atoms with E-state index in [9.17, 15) is 0 Å². The minimum atomic E-state index is -0.583. The Hall–Kier alpha value is -6.90. The summed E-state index contributed by atoms with van der Waals surface area (Å²) in [5, 5.41) is 1.28. The first kappa shape index (κ1) is 36.4. The van der Waals surface area contributed by atoms with Gasteiger partial charge in [-0.25, -0.2) is 0 Å². The van der Waals surface area contributed by atoms with Crippen LogP contribution in [-0.2, 0) is 11.8 Å². The van der Waals surface area contributed by atoms with E-state index in [1.54, 1.807) is 0 Å². The molecule has 0 N–H and O–H groups in total. The van der Waals surface area contributed by atoms with Gasteiger partial charge in [-0.2, -0.15) is 0 Å². The van der Waals surface area contributed by atoms with Crippen molar-refractivity contribution >= 4 is 46.2 Å². The maximum Gasteiger partial charge on any atom is 0.0727 e. The summed E-state index contributed by atoms with van der Waals surface area (Å²) in [7, 11) is 0. The zero-order valence-corrected chi connectivity index (χ0v) is 34.3. The van der Waals surface area contributed by atoms with E-state index in [0.717, 1.165) is 46.7 Å². The molecule has 0 unspecified atom stereocenters. The van der Waals surface area contributed by atoms with Gasteiger partial charge in [0.05, 0.1) is 16.6 Å². The first-order chi connectivity index (χ1) is 29.0. The van der Waals surface area contributed by atoms with Crippen molar-refractivity contribution in [2.24, 2.45) is 0 Å². The van der Waals surface area contributed by atoms with Crippen molar-refractivity contribution in [2.45, 2.75) is 46.0 Å². The molecule has 1 heterocycles. The molecule has 59 heavy (non-hydrogen) atoms. The summed E-state index contributed by atoms with van der Waals surface area (Å²) in [6, 6.07) is 56.7. The van der Waals surface area contributed by atoms with Crippen molar-refractivity contribution in [1.82, 2.24) is 4.57 Å². The topological polar surface area (TPSA) is 8.17 Å². The molecule has 1 aromatic heterocycles. The smallest absolute Gasteiger partial charge is 0.0727 e. The number of nitrogens with zero attached hydrogens (tertiary/aromatic N) is 2. The van der Waals surface area contributed by atoms with Gasteiger partial charge in [-0.05, 0) is 142 Å². The number of fused-ring (bicyclic) bond motifs is 11. The number of aromatic nitrogens is 1. The van der Waals surface area contributed by atoms with Gasteiger partial charge >= 0.3 is 0 Å². The summed E-state index contributed by atoms with van der Waals surface area (Å²) >= 11 is 0. The summed E-state index contributed by atoms with van der Waals surface area (Å²) in [5.41, 5.74) is 21.6. The maximum absolute atomic E-state index is 4.57. The molecule has 0 atom stereocenters. The fourth-order valence-corrected chi connectivity index (χ4v) is 10.2. The third-order valence-electron chi connectivity index (χ3n) is 12.8. The summed E-state index contributed by atoms with van der Waals surface area (Å²) < 4.78 is 2.47. The van der Waals surface area contributed by atoms with Crippen LogP contribution in [0.5, 0.6) is 0 Å². The Labute approximate surface area is 348 Å². The molecule has 0 radical (unpaired) electrons. The maximum atomic E-state index is 4.57. The largest absolute Gasteiger partial charge is 0.310 e. The van der Waals surface area contributed by atoms with Crippen LogP contribution in [0.2, 0.25) is 0 Å². The standard InChI is InChI=1S/C57H48N2/c1-6-10-28-53-38(5)44-23-16-19-29-54(44)59(53)42-34-35-48-51(36-42)57(49-26-17-14-24-45(49)46-25-15-18-27-50(46)57)52-37-55(47(20-7-2)43(9-4)56(48)52)58(40-21-12-11-13-22-40)41-32-30-39(8-3)31-33-41/h7,9-37H,4,6,8H2,1-3,5H3/b20-7-,28-10-. The highest BCUT2D eigenvalue weighted by Gasteiger charge is 2.53. The van der Waals surface area contributed by atoms with E-state index >= 15 is 0 Å². The van der Waals surface area contributed by atoms with Crippen molar-refractivity contribution in [3.8, 4) is 27.9 Å². The van der Waals surface area contributed by atoms with Crippen LogP contribution in [0, 0.1) is 6.92 Å². The Morgan fingerprint density at radius 1 is 0.627 bits per heavy atom. The lowest BCUT2D eigenvalue weighted by molar-refractivity contribution is 0.792. The molecule has 2 heteroatoms. The lowest BCUT2D eigenvalue weighted by atomic mass is 9.70. The van der Waals surface area contributed by atoms with E-state index in [1.165, 1.54) is 72.2 Å². The number of hydrogen-bond acceptors (Lipinski definition) is 1. The van der Waals surface area contributed by atoms with E-state index in [4.69, 9.17) is 0 Å². The van der Waals surface area contributed by atoms with Gasteiger partial charge in [0.2, 0.25) is 0 Å². The SMILES string of the molecule is C=Cc1c(/C=C\C)c(N(c2ccccc2)c2ccc(CC)cc2)cc2c1-c1ccc(-n3c(/C=C\CC)c(C)c4ccccc43)cc1C21c2ccccc2-c2ccccc21. The van der Waals surface area contributed by atoms with Crippen LogP contribution in [-0.4, -0.2) is 4.57 Å². The van der Waals surface area contributed by atoms with Gasteiger partial charge < -0.3 is 9.47 Å². The second-order valence-electron chi connectivity index (χ2n) is 15.8. The van der Waals surface area contributed by atoms with E-state index in [1.807, 2.05) is 0 Å². The Balaban J connectivity index is 1.35. The molecule has 0 aliphatic heterocycles. The van der Waals surface area contributed by atoms with Gasteiger partial charge in [-0.15, -0.1) is 0 Å². The van der Waals surface area contributed by atoms with Crippen LogP contribution in [0.25, 0.3) is 57.1 Å². The van der Waals surface area contributed by atoms with Crippen molar-refractivity contribution in [2.75, 3.05) is 4.90 Å². The quantitative estimate of drug-likeness (QED) is 0.142. The number of anilines is 3. The fraction of sp³-hybridized carbons (Fsp3) is 0.123. The van der Waals surface area contributed by atoms with Crippen molar-refractivity contribution in [3.05, 3.63) is 221 Å². The molecule has 2 aliphatic carbocycles. The Kier molecular flexibility index (Phi) is 8.95. The number of aryl methyl sites for hydroxylation is 2. The summed E-state index contributed by atoms with van der Waals surface area (Å²) in [4.78, 5) is 2.44. The molecule has 2 aliphatic rings. The number of hydrogen-bond donors (Lipinski definition) is 0. The lowest BCUT2D eigenvalue weighted by Crippen LogP contribution is -2.26. The predicted octanol–water partition coefficient (Wildman–Crippen LogP) is 15.4. The molecule has 8 aromatic rings. The molecule has 0 saturated heterocycles. The summed E-state index contributed by atoms with van der Waals surface area (Å²) in [6.45, 7) is 13.4. The van der Waals surface area contributed by atoms with Crippen LogP contribution in [0.15, 0.2) is 170 Å². The molecule has 7 aromatic carbocycles. The first-order valence-electron chi connectivity index (χ1n) is 21.1. The van der Waals surface area contributed by atoms with Crippen LogP contribution in [0.1, 0.15) is 77.4 Å². The van der Waals surface area contributed by atoms with Gasteiger partial charge in [-0.3, -0.25) is 0 Å². The molecular weight excluding hydrogens is 713 g/mol. The van der Waals surface area contributed by atoms with Crippen molar-refractivity contribution < 1.29 is 0 Å². The highest BCUT2D eigenvalue weighted by molar-refractivity contribution is 6.02. The monoisotopic (exact) mass is 760 g/mol. The van der Waals surface area contributed by atoms with Crippen LogP contribution in [0.3, 0.4) is 0 Å². The minimum Gasteiger partial charge on any atom is -0.310 e. The average molecular weight is 761 g/mol. The van der Waals surface area contributed by atoms with Crippen LogP contribution in [0.4, 0.5) is 17.1 Å². The van der Waals surface area contributed by atoms with Gasteiger partial charge in [0, 0.05) is 33.7 Å². The van der Waals surface area contributed by atoms with Gasteiger partial charge in [-0.1, -0.05) is 148 Å². The molecule has 0 amide bonds. The Morgan fingerprint density at radius 2 is 1.29 bits per heavy atom. The lowest BCUT2D eigenvalue weighted by Gasteiger charge is -2.34. The molecule has 2 nitrogen and oxygen atoms in total. The second kappa shape index (κ2) is 14.5. The molecule has 0 fully saturated rings. The van der Waals surface area contributed by atoms with E-state index in [2.05, 4.69) is 226 Å². The van der Waals surface area contributed by atoms with Crippen LogP contribution >= 0.6 is 0 Å².